The van der Waals surface area contributed by atoms with Crippen molar-refractivity contribution in [2.75, 3.05) is 31.1 Å². The van der Waals surface area contributed by atoms with Crippen LogP contribution in [0, 0.1) is 4.77 Å². The monoisotopic (exact) mass is 295 g/mol. The fourth-order valence-corrected chi connectivity index (χ4v) is 3.70. The molecule has 0 amide bonds. The van der Waals surface area contributed by atoms with Gasteiger partial charge in [-0.3, -0.25) is 9.47 Å². The average Bonchev–Trinajstić information content (AvgIpc) is 3.08. The Morgan fingerprint density at radius 3 is 2.80 bits per heavy atom. The molecule has 0 aromatic carbocycles. The van der Waals surface area contributed by atoms with Crippen molar-refractivity contribution >= 4 is 18.2 Å². The molecule has 1 N–H and O–H groups in total. The molecule has 0 aliphatic carbocycles. The number of rotatable bonds is 4. The maximum atomic E-state index is 5.34. The van der Waals surface area contributed by atoms with E-state index in [0.717, 1.165) is 36.8 Å². The minimum absolute atomic E-state index is 0.704. The topological polar surface area (TPSA) is 40.1 Å². The minimum atomic E-state index is 0.704. The Morgan fingerprint density at radius 2 is 2.05 bits per heavy atom. The normalized spacial score (nSPS) is 24.4. The highest BCUT2D eigenvalue weighted by molar-refractivity contribution is 7.71. The second-order valence-corrected chi connectivity index (χ2v) is 6.35. The van der Waals surface area contributed by atoms with Gasteiger partial charge in [-0.15, -0.1) is 5.10 Å². The SMILES string of the molecule is CCCn1c(N2CCC(N3CCCCC3)C2)n[nH]c1=S. The van der Waals surface area contributed by atoms with Crippen LogP contribution in [0.25, 0.3) is 0 Å². The van der Waals surface area contributed by atoms with Gasteiger partial charge in [0.25, 0.3) is 0 Å². The summed E-state index contributed by atoms with van der Waals surface area (Å²) in [6, 6.07) is 0.704. The van der Waals surface area contributed by atoms with E-state index in [9.17, 15) is 0 Å². The molecule has 2 fully saturated rings. The Balaban J connectivity index is 1.69. The molecule has 2 saturated heterocycles. The molecule has 0 radical (unpaired) electrons. The molecule has 5 nitrogen and oxygen atoms in total. The Bertz CT molecular complexity index is 488. The first kappa shape index (κ1) is 14.1. The van der Waals surface area contributed by atoms with E-state index in [1.165, 1.54) is 38.8 Å². The summed E-state index contributed by atoms with van der Waals surface area (Å²) in [5, 5.41) is 7.40. The lowest BCUT2D eigenvalue weighted by atomic mass is 10.1. The lowest BCUT2D eigenvalue weighted by Gasteiger charge is -2.32. The van der Waals surface area contributed by atoms with Crippen molar-refractivity contribution in [3.05, 3.63) is 4.77 Å². The summed E-state index contributed by atoms with van der Waals surface area (Å²) >= 11 is 5.34. The van der Waals surface area contributed by atoms with Crippen LogP contribution < -0.4 is 4.90 Å². The highest BCUT2D eigenvalue weighted by atomic mass is 32.1. The zero-order chi connectivity index (χ0) is 13.9. The van der Waals surface area contributed by atoms with E-state index < -0.39 is 0 Å². The average molecular weight is 295 g/mol. The summed E-state index contributed by atoms with van der Waals surface area (Å²) in [4.78, 5) is 5.08. The number of likely N-dealkylation sites (tertiary alicyclic amines) is 1. The van der Waals surface area contributed by atoms with Gasteiger partial charge < -0.3 is 4.90 Å². The zero-order valence-corrected chi connectivity index (χ0v) is 13.2. The smallest absolute Gasteiger partial charge is 0.225 e. The van der Waals surface area contributed by atoms with Gasteiger partial charge in [-0.25, -0.2) is 5.10 Å². The Kier molecular flexibility index (Phi) is 4.41. The van der Waals surface area contributed by atoms with Gasteiger partial charge >= 0.3 is 0 Å². The van der Waals surface area contributed by atoms with Gasteiger partial charge in [-0.1, -0.05) is 13.3 Å². The Morgan fingerprint density at radius 1 is 1.25 bits per heavy atom. The highest BCUT2D eigenvalue weighted by Gasteiger charge is 2.30. The maximum Gasteiger partial charge on any atom is 0.225 e. The number of nitrogens with one attached hydrogen (secondary N) is 1. The van der Waals surface area contributed by atoms with Crippen LogP contribution in [0.2, 0.25) is 0 Å². The third-order valence-corrected chi connectivity index (χ3v) is 4.85. The molecule has 20 heavy (non-hydrogen) atoms. The predicted octanol–water partition coefficient (Wildman–Crippen LogP) is 2.42. The fourth-order valence-electron chi connectivity index (χ4n) is 3.48. The molecule has 1 aromatic rings. The van der Waals surface area contributed by atoms with Crippen molar-refractivity contribution in [3.8, 4) is 0 Å². The van der Waals surface area contributed by atoms with Crippen molar-refractivity contribution < 1.29 is 0 Å². The number of anilines is 1. The van der Waals surface area contributed by atoms with Gasteiger partial charge in [0, 0.05) is 25.7 Å². The third kappa shape index (κ3) is 2.76. The number of aromatic nitrogens is 3. The molecule has 1 aromatic heterocycles. The third-order valence-electron chi connectivity index (χ3n) is 4.54. The molecule has 2 aliphatic rings. The predicted molar refractivity (Wildman–Crippen MR) is 83.7 cm³/mol. The lowest BCUT2D eigenvalue weighted by molar-refractivity contribution is 0.174. The number of hydrogen-bond acceptors (Lipinski definition) is 4. The van der Waals surface area contributed by atoms with E-state index in [2.05, 4.69) is 31.5 Å². The van der Waals surface area contributed by atoms with Crippen molar-refractivity contribution in [1.29, 1.82) is 0 Å². The largest absolute Gasteiger partial charge is 0.339 e. The molecule has 1 atom stereocenters. The first-order valence-corrected chi connectivity index (χ1v) is 8.34. The summed E-state index contributed by atoms with van der Waals surface area (Å²) in [6.45, 7) is 7.89. The number of H-pyrrole nitrogens is 1. The summed E-state index contributed by atoms with van der Waals surface area (Å²) in [6.07, 6.45) is 6.48. The summed E-state index contributed by atoms with van der Waals surface area (Å²) < 4.78 is 2.90. The molecular weight excluding hydrogens is 270 g/mol. The maximum absolute atomic E-state index is 5.34. The van der Waals surface area contributed by atoms with Gasteiger partial charge in [-0.2, -0.15) is 0 Å². The van der Waals surface area contributed by atoms with E-state index in [-0.39, 0.29) is 0 Å². The number of piperidine rings is 1. The molecule has 0 spiro atoms. The summed E-state index contributed by atoms with van der Waals surface area (Å²) in [7, 11) is 0. The van der Waals surface area contributed by atoms with Crippen LogP contribution in [0.5, 0.6) is 0 Å². The molecule has 0 bridgehead atoms. The quantitative estimate of drug-likeness (QED) is 0.866. The molecule has 2 aliphatic heterocycles. The molecule has 3 heterocycles. The van der Waals surface area contributed by atoms with E-state index in [0.29, 0.717) is 6.04 Å². The van der Waals surface area contributed by atoms with Crippen LogP contribution in [0.1, 0.15) is 39.0 Å². The van der Waals surface area contributed by atoms with E-state index in [4.69, 9.17) is 12.2 Å². The first-order chi connectivity index (χ1) is 9.79. The van der Waals surface area contributed by atoms with Crippen LogP contribution in [-0.4, -0.2) is 51.9 Å². The van der Waals surface area contributed by atoms with Crippen LogP contribution >= 0.6 is 12.2 Å². The molecule has 112 valence electrons. The minimum Gasteiger partial charge on any atom is -0.339 e. The molecular formula is C14H25N5S. The lowest BCUT2D eigenvalue weighted by Crippen LogP contribution is -2.41. The zero-order valence-electron chi connectivity index (χ0n) is 12.3. The van der Waals surface area contributed by atoms with Crippen LogP contribution in [0.3, 0.4) is 0 Å². The van der Waals surface area contributed by atoms with Crippen LogP contribution in [-0.2, 0) is 6.54 Å². The van der Waals surface area contributed by atoms with Gasteiger partial charge in [0.15, 0.2) is 4.77 Å². The van der Waals surface area contributed by atoms with Gasteiger partial charge in [0.1, 0.15) is 0 Å². The standard InChI is InChI=1S/C14H25N5S/c1-2-7-19-13(15-16-14(19)20)18-10-6-12(11-18)17-8-4-3-5-9-17/h12H,2-11H2,1H3,(H,16,20). The number of nitrogens with zero attached hydrogens (tertiary/aromatic N) is 4. The van der Waals surface area contributed by atoms with Crippen LogP contribution in [0.4, 0.5) is 5.95 Å². The summed E-state index contributed by atoms with van der Waals surface area (Å²) in [5.74, 6) is 1.04. The second-order valence-electron chi connectivity index (χ2n) is 5.97. The first-order valence-electron chi connectivity index (χ1n) is 7.94. The Labute approximate surface area is 126 Å². The van der Waals surface area contributed by atoms with Gasteiger partial charge in [0.05, 0.1) is 0 Å². The molecule has 0 saturated carbocycles. The van der Waals surface area contributed by atoms with Crippen molar-refractivity contribution in [3.63, 3.8) is 0 Å². The van der Waals surface area contributed by atoms with E-state index in [1.807, 2.05) is 0 Å². The molecule has 3 rings (SSSR count). The highest BCUT2D eigenvalue weighted by Crippen LogP contribution is 2.24. The van der Waals surface area contributed by atoms with Crippen molar-refractivity contribution in [2.45, 2.75) is 51.6 Å². The Hall–Kier alpha value is -0.880. The number of hydrogen-bond donors (Lipinski definition) is 1. The van der Waals surface area contributed by atoms with E-state index >= 15 is 0 Å². The van der Waals surface area contributed by atoms with Gasteiger partial charge in [0.2, 0.25) is 5.95 Å². The van der Waals surface area contributed by atoms with Gasteiger partial charge in [-0.05, 0) is 51.0 Å². The van der Waals surface area contributed by atoms with Crippen molar-refractivity contribution in [1.82, 2.24) is 19.7 Å². The molecule has 6 heteroatoms. The van der Waals surface area contributed by atoms with Crippen LogP contribution in [0.15, 0.2) is 0 Å². The summed E-state index contributed by atoms with van der Waals surface area (Å²) in [5.41, 5.74) is 0. The number of aromatic amines is 1. The van der Waals surface area contributed by atoms with E-state index in [1.54, 1.807) is 0 Å². The van der Waals surface area contributed by atoms with Crippen molar-refractivity contribution in [2.24, 2.45) is 0 Å². The second kappa shape index (κ2) is 6.26. The fraction of sp³-hybridized carbons (Fsp3) is 0.857. The molecule has 1 unspecified atom stereocenters.